The summed E-state index contributed by atoms with van der Waals surface area (Å²) in [6, 6.07) is 15.2. The van der Waals surface area contributed by atoms with Gasteiger partial charge in [-0.3, -0.25) is 25.0 Å². The molecule has 0 aliphatic heterocycles. The van der Waals surface area contributed by atoms with Crippen LogP contribution in [0, 0.1) is 20.2 Å². The van der Waals surface area contributed by atoms with Crippen LogP contribution in [0.5, 0.6) is 0 Å². The molecule has 0 aliphatic carbocycles. The first kappa shape index (κ1) is 19.0. The topological polar surface area (TPSA) is 132 Å². The van der Waals surface area contributed by atoms with Gasteiger partial charge in [-0.2, -0.15) is 0 Å². The van der Waals surface area contributed by atoms with Crippen molar-refractivity contribution in [2.45, 2.75) is 0 Å². The number of rotatable bonds is 6. The van der Waals surface area contributed by atoms with E-state index < -0.39 is 31.2 Å². The highest BCUT2D eigenvalue weighted by atomic mass is 32.2. The zero-order valence-corrected chi connectivity index (χ0v) is 15.0. The first-order chi connectivity index (χ1) is 13.3. The van der Waals surface area contributed by atoms with Crippen LogP contribution in [0.15, 0.2) is 66.1 Å². The van der Waals surface area contributed by atoms with Crippen LogP contribution in [0.1, 0.15) is 5.56 Å². The lowest BCUT2D eigenvalue weighted by atomic mass is 10.1. The summed E-state index contributed by atoms with van der Waals surface area (Å²) >= 11 is 0. The molecular formula is C18H13N3O6S. The molecule has 9 nitrogen and oxygen atoms in total. The summed E-state index contributed by atoms with van der Waals surface area (Å²) in [5, 5.41) is 23.7. The Morgan fingerprint density at radius 3 is 2.00 bits per heavy atom. The normalized spacial score (nSPS) is 11.6. The highest BCUT2D eigenvalue weighted by Gasteiger charge is 2.27. The molecule has 0 amide bonds. The van der Waals surface area contributed by atoms with Crippen molar-refractivity contribution in [3.8, 4) is 0 Å². The first-order valence-corrected chi connectivity index (χ1v) is 9.43. The predicted molar refractivity (Wildman–Crippen MR) is 105 cm³/mol. The molecule has 3 aromatic carbocycles. The van der Waals surface area contributed by atoms with Gasteiger partial charge < -0.3 is 0 Å². The van der Waals surface area contributed by atoms with E-state index in [1.54, 1.807) is 30.3 Å². The van der Waals surface area contributed by atoms with E-state index in [4.69, 9.17) is 0 Å². The lowest BCUT2D eigenvalue weighted by molar-refractivity contribution is -0.392. The summed E-state index contributed by atoms with van der Waals surface area (Å²) in [5.74, 6) is 0. The zero-order chi connectivity index (χ0) is 20.3. The van der Waals surface area contributed by atoms with E-state index in [-0.39, 0.29) is 16.5 Å². The second kappa shape index (κ2) is 7.45. The third kappa shape index (κ3) is 3.96. The van der Waals surface area contributed by atoms with Crippen molar-refractivity contribution in [1.82, 2.24) is 0 Å². The van der Waals surface area contributed by atoms with E-state index in [0.29, 0.717) is 5.56 Å². The van der Waals surface area contributed by atoms with Crippen molar-refractivity contribution >= 4 is 43.9 Å². The molecule has 0 radical (unpaired) electrons. The van der Waals surface area contributed by atoms with E-state index in [0.717, 1.165) is 11.5 Å². The summed E-state index contributed by atoms with van der Waals surface area (Å²) in [7, 11) is -4.12. The number of nitrogens with one attached hydrogen (secondary N) is 1. The Hall–Kier alpha value is -3.79. The van der Waals surface area contributed by atoms with Crippen molar-refractivity contribution in [3.63, 3.8) is 0 Å². The number of nitrogens with zero attached hydrogens (tertiary/aromatic N) is 2. The van der Waals surface area contributed by atoms with Crippen molar-refractivity contribution < 1.29 is 18.3 Å². The van der Waals surface area contributed by atoms with Crippen LogP contribution in [0.25, 0.3) is 16.8 Å². The SMILES string of the molecule is O=[N+]([O-])c1cc([N+](=O)[O-])c2ccccc2c1NS(=O)(=O)/C=C\c1ccccc1. The Balaban J connectivity index is 2.13. The molecule has 0 saturated carbocycles. The number of sulfonamides is 1. The van der Waals surface area contributed by atoms with E-state index in [2.05, 4.69) is 4.72 Å². The molecule has 0 fully saturated rings. The van der Waals surface area contributed by atoms with Gasteiger partial charge in [-0.1, -0.05) is 48.5 Å². The minimum atomic E-state index is -4.12. The van der Waals surface area contributed by atoms with Gasteiger partial charge in [0.25, 0.3) is 15.7 Å². The number of anilines is 1. The number of hydrogen-bond acceptors (Lipinski definition) is 6. The van der Waals surface area contributed by atoms with Crippen LogP contribution in [0.2, 0.25) is 0 Å². The molecule has 0 atom stereocenters. The minimum absolute atomic E-state index is 0.0556. The lowest BCUT2D eigenvalue weighted by Crippen LogP contribution is -2.11. The van der Waals surface area contributed by atoms with Crippen LogP contribution < -0.4 is 4.72 Å². The van der Waals surface area contributed by atoms with Crippen LogP contribution in [0.4, 0.5) is 17.1 Å². The van der Waals surface area contributed by atoms with Crippen molar-refractivity contribution in [2.24, 2.45) is 0 Å². The third-order valence-electron chi connectivity index (χ3n) is 3.88. The Labute approximate surface area is 159 Å². The quantitative estimate of drug-likeness (QED) is 0.491. The van der Waals surface area contributed by atoms with Crippen LogP contribution in [0.3, 0.4) is 0 Å². The average molecular weight is 399 g/mol. The number of fused-ring (bicyclic) bond motifs is 1. The van der Waals surface area contributed by atoms with Gasteiger partial charge in [0.2, 0.25) is 0 Å². The molecular weight excluding hydrogens is 386 g/mol. The largest absolute Gasteiger partial charge is 0.300 e. The summed E-state index contributed by atoms with van der Waals surface area (Å²) in [5.41, 5.74) is -0.896. The molecule has 3 aromatic rings. The van der Waals surface area contributed by atoms with Gasteiger partial charge in [0.1, 0.15) is 5.69 Å². The Kier molecular flexibility index (Phi) is 5.05. The van der Waals surface area contributed by atoms with Crippen LogP contribution in [-0.4, -0.2) is 18.3 Å². The van der Waals surface area contributed by atoms with Gasteiger partial charge >= 0.3 is 5.69 Å². The number of nitro benzene ring substituents is 2. The highest BCUT2D eigenvalue weighted by Crippen LogP contribution is 2.39. The number of benzene rings is 3. The van der Waals surface area contributed by atoms with Gasteiger partial charge in [0, 0.05) is 5.39 Å². The summed E-state index contributed by atoms with van der Waals surface area (Å²) in [4.78, 5) is 21.1. The number of hydrogen-bond donors (Lipinski definition) is 1. The summed E-state index contributed by atoms with van der Waals surface area (Å²) < 4.78 is 27.1. The monoisotopic (exact) mass is 399 g/mol. The van der Waals surface area contributed by atoms with Crippen molar-refractivity contribution in [1.29, 1.82) is 0 Å². The fraction of sp³-hybridized carbons (Fsp3) is 0. The highest BCUT2D eigenvalue weighted by molar-refractivity contribution is 7.95. The maximum atomic E-state index is 12.5. The first-order valence-electron chi connectivity index (χ1n) is 7.89. The van der Waals surface area contributed by atoms with Gasteiger partial charge in [0.05, 0.1) is 26.7 Å². The average Bonchev–Trinajstić information content (AvgIpc) is 2.67. The van der Waals surface area contributed by atoms with Crippen LogP contribution in [-0.2, 0) is 10.0 Å². The van der Waals surface area contributed by atoms with Gasteiger partial charge in [-0.25, -0.2) is 8.42 Å². The molecule has 0 aromatic heterocycles. The van der Waals surface area contributed by atoms with Crippen LogP contribution >= 0.6 is 0 Å². The number of nitro groups is 2. The smallest absolute Gasteiger partial charge is 0.273 e. The van der Waals surface area contributed by atoms with Gasteiger partial charge in [-0.15, -0.1) is 0 Å². The molecule has 0 aliphatic rings. The molecule has 28 heavy (non-hydrogen) atoms. The Bertz CT molecular complexity index is 1210. The molecule has 10 heteroatoms. The van der Waals surface area contributed by atoms with Crippen molar-refractivity contribution in [3.05, 3.63) is 91.9 Å². The minimum Gasteiger partial charge on any atom is -0.273 e. The maximum Gasteiger partial charge on any atom is 0.300 e. The summed E-state index contributed by atoms with van der Waals surface area (Å²) in [6.45, 7) is 0. The second-order valence-corrected chi connectivity index (χ2v) is 7.28. The molecule has 3 rings (SSSR count). The lowest BCUT2D eigenvalue weighted by Gasteiger charge is -2.10. The molecule has 142 valence electrons. The van der Waals surface area contributed by atoms with E-state index >= 15 is 0 Å². The molecule has 1 N–H and O–H groups in total. The fourth-order valence-corrected chi connectivity index (χ4v) is 3.56. The molecule has 0 unspecified atom stereocenters. The molecule has 0 saturated heterocycles. The Morgan fingerprint density at radius 1 is 0.821 bits per heavy atom. The van der Waals surface area contributed by atoms with E-state index in [1.165, 1.54) is 30.3 Å². The Morgan fingerprint density at radius 2 is 1.39 bits per heavy atom. The molecule has 0 spiro atoms. The third-order valence-corrected chi connectivity index (χ3v) is 4.86. The van der Waals surface area contributed by atoms with E-state index in [1.807, 2.05) is 0 Å². The zero-order valence-electron chi connectivity index (χ0n) is 14.2. The van der Waals surface area contributed by atoms with Crippen molar-refractivity contribution in [2.75, 3.05) is 4.72 Å². The van der Waals surface area contributed by atoms with E-state index in [9.17, 15) is 28.6 Å². The fourth-order valence-electron chi connectivity index (χ4n) is 2.65. The number of non-ortho nitro benzene ring substituents is 1. The maximum absolute atomic E-state index is 12.5. The van der Waals surface area contributed by atoms with Gasteiger partial charge in [-0.05, 0) is 17.7 Å². The summed E-state index contributed by atoms with van der Waals surface area (Å²) in [6.07, 6.45) is 1.34. The van der Waals surface area contributed by atoms with Gasteiger partial charge in [0.15, 0.2) is 0 Å². The molecule has 0 heterocycles. The standard InChI is InChI=1S/C18H13N3O6S/c22-20(23)16-12-17(21(24)25)18(15-9-5-4-8-14(15)16)19-28(26,27)11-10-13-6-2-1-3-7-13/h1-12,19H/b11-10-. The predicted octanol–water partition coefficient (Wildman–Crippen LogP) is 4.07. The molecule has 0 bridgehead atoms. The second-order valence-electron chi connectivity index (χ2n) is 5.71.